The number of methoxy groups -OCH3 is 1. The number of anilines is 1. The summed E-state index contributed by atoms with van der Waals surface area (Å²) in [6.45, 7) is 3.97. The molecule has 0 aromatic heterocycles. The van der Waals surface area contributed by atoms with E-state index >= 15 is 0 Å². The molecule has 0 heterocycles. The van der Waals surface area contributed by atoms with Crippen LogP contribution in [-0.4, -0.2) is 13.7 Å². The van der Waals surface area contributed by atoms with E-state index in [-0.39, 0.29) is 0 Å². The third-order valence-electron chi connectivity index (χ3n) is 3.11. The van der Waals surface area contributed by atoms with E-state index in [1.54, 1.807) is 7.11 Å². The molecule has 0 aliphatic heterocycles. The van der Waals surface area contributed by atoms with E-state index in [4.69, 9.17) is 9.47 Å². The van der Waals surface area contributed by atoms with Gasteiger partial charge in [-0.05, 0) is 36.8 Å². The van der Waals surface area contributed by atoms with E-state index < -0.39 is 0 Å². The van der Waals surface area contributed by atoms with Gasteiger partial charge in [0, 0.05) is 24.4 Å². The van der Waals surface area contributed by atoms with Gasteiger partial charge in [0.2, 0.25) is 0 Å². The summed E-state index contributed by atoms with van der Waals surface area (Å²) in [6.07, 6.45) is 0. The molecular weight excluding hydrogens is 264 g/mol. The highest BCUT2D eigenvalue weighted by Crippen LogP contribution is 2.20. The first-order valence-electron chi connectivity index (χ1n) is 7.11. The summed E-state index contributed by atoms with van der Waals surface area (Å²) in [6, 6.07) is 16.2. The molecule has 2 rings (SSSR count). The van der Waals surface area contributed by atoms with E-state index in [0.717, 1.165) is 23.5 Å². The fraction of sp³-hybridized carbons (Fsp3) is 0.294. The van der Waals surface area contributed by atoms with Gasteiger partial charge in [0.05, 0.1) is 13.7 Å². The fourth-order valence-corrected chi connectivity index (χ4v) is 2.04. The lowest BCUT2D eigenvalue weighted by Crippen LogP contribution is -2.20. The zero-order valence-electron chi connectivity index (χ0n) is 12.6. The summed E-state index contributed by atoms with van der Waals surface area (Å²) >= 11 is 0. The molecule has 0 atom stereocenters. The number of hydrogen-bond acceptors (Lipinski definition) is 4. The average molecular weight is 286 g/mol. The monoisotopic (exact) mass is 286 g/mol. The predicted octanol–water partition coefficient (Wildman–Crippen LogP) is 3.35. The van der Waals surface area contributed by atoms with Crippen molar-refractivity contribution in [2.24, 2.45) is 0 Å². The molecule has 2 aromatic carbocycles. The molecule has 0 aliphatic carbocycles. The van der Waals surface area contributed by atoms with Gasteiger partial charge in [0.1, 0.15) is 5.75 Å². The molecule has 4 heteroatoms. The topological polar surface area (TPSA) is 42.5 Å². The van der Waals surface area contributed by atoms with Crippen molar-refractivity contribution < 1.29 is 9.47 Å². The smallest absolute Gasteiger partial charge is 0.124 e. The maximum atomic E-state index is 5.47. The van der Waals surface area contributed by atoms with Gasteiger partial charge in [-0.3, -0.25) is 0 Å². The summed E-state index contributed by atoms with van der Waals surface area (Å²) in [5.74, 6) is 0.864. The van der Waals surface area contributed by atoms with Crippen LogP contribution in [0.4, 0.5) is 5.69 Å². The minimum Gasteiger partial charge on any atom is -0.496 e. The van der Waals surface area contributed by atoms with Gasteiger partial charge in [-0.25, -0.2) is 5.43 Å². The minimum atomic E-state index is 0.569. The van der Waals surface area contributed by atoms with Gasteiger partial charge in [0.25, 0.3) is 0 Å². The standard InChI is InChI=1S/C17H22N2O2/c1-3-21-13-15-11-14(9-10-17(15)20-2)12-18-19-16-7-5-4-6-8-16/h4-11,18-19H,3,12-13H2,1-2H3. The van der Waals surface area contributed by atoms with Crippen LogP contribution in [0.25, 0.3) is 0 Å². The molecule has 0 spiro atoms. The fourth-order valence-electron chi connectivity index (χ4n) is 2.04. The van der Waals surface area contributed by atoms with Crippen molar-refractivity contribution in [1.82, 2.24) is 5.43 Å². The van der Waals surface area contributed by atoms with Crippen molar-refractivity contribution in [2.45, 2.75) is 20.1 Å². The summed E-state index contributed by atoms with van der Waals surface area (Å²) in [4.78, 5) is 0. The third kappa shape index (κ3) is 4.77. The lowest BCUT2D eigenvalue weighted by atomic mass is 10.1. The van der Waals surface area contributed by atoms with Gasteiger partial charge < -0.3 is 14.9 Å². The van der Waals surface area contributed by atoms with Gasteiger partial charge in [-0.1, -0.05) is 24.3 Å². The van der Waals surface area contributed by atoms with Crippen LogP contribution in [-0.2, 0) is 17.9 Å². The lowest BCUT2D eigenvalue weighted by molar-refractivity contribution is 0.132. The Morgan fingerprint density at radius 1 is 1.05 bits per heavy atom. The second-order valence-corrected chi connectivity index (χ2v) is 4.63. The lowest BCUT2D eigenvalue weighted by Gasteiger charge is -2.12. The first-order valence-corrected chi connectivity index (χ1v) is 7.11. The molecule has 2 N–H and O–H groups in total. The second kappa shape index (κ2) is 8.29. The number of ether oxygens (including phenoxy) is 2. The Kier molecular flexibility index (Phi) is 6.06. The molecule has 0 aliphatic rings. The van der Waals surface area contributed by atoms with E-state index in [9.17, 15) is 0 Å². The van der Waals surface area contributed by atoms with Crippen LogP contribution in [0.5, 0.6) is 5.75 Å². The summed E-state index contributed by atoms with van der Waals surface area (Å²) < 4.78 is 10.8. The molecule has 0 bridgehead atoms. The Morgan fingerprint density at radius 3 is 2.57 bits per heavy atom. The molecule has 112 valence electrons. The molecule has 21 heavy (non-hydrogen) atoms. The van der Waals surface area contributed by atoms with Crippen LogP contribution < -0.4 is 15.6 Å². The molecule has 2 aromatic rings. The van der Waals surface area contributed by atoms with Crippen molar-refractivity contribution in [2.75, 3.05) is 19.1 Å². The second-order valence-electron chi connectivity index (χ2n) is 4.63. The molecule has 0 radical (unpaired) electrons. The first kappa shape index (κ1) is 15.4. The van der Waals surface area contributed by atoms with Crippen LogP contribution in [0.15, 0.2) is 48.5 Å². The number of hydrazine groups is 1. The van der Waals surface area contributed by atoms with Gasteiger partial charge in [-0.2, -0.15) is 0 Å². The molecule has 0 unspecified atom stereocenters. The number of benzene rings is 2. The van der Waals surface area contributed by atoms with Gasteiger partial charge in [0.15, 0.2) is 0 Å². The van der Waals surface area contributed by atoms with E-state index in [2.05, 4.69) is 16.9 Å². The molecule has 4 nitrogen and oxygen atoms in total. The number of rotatable bonds is 8. The molecule has 0 saturated carbocycles. The van der Waals surface area contributed by atoms with Crippen molar-refractivity contribution in [3.8, 4) is 5.75 Å². The van der Waals surface area contributed by atoms with Crippen LogP contribution >= 0.6 is 0 Å². The summed E-state index contributed by atoms with van der Waals surface area (Å²) in [7, 11) is 1.68. The van der Waals surface area contributed by atoms with Gasteiger partial charge >= 0.3 is 0 Å². The molecule has 0 saturated heterocycles. The van der Waals surface area contributed by atoms with Crippen LogP contribution in [0.2, 0.25) is 0 Å². The van der Waals surface area contributed by atoms with E-state index in [1.807, 2.05) is 49.4 Å². The Hall–Kier alpha value is -2.04. The first-order chi connectivity index (χ1) is 10.3. The van der Waals surface area contributed by atoms with Crippen LogP contribution in [0.3, 0.4) is 0 Å². The van der Waals surface area contributed by atoms with Gasteiger partial charge in [-0.15, -0.1) is 0 Å². The molecule has 0 amide bonds. The van der Waals surface area contributed by atoms with Crippen LogP contribution in [0, 0.1) is 0 Å². The third-order valence-corrected chi connectivity index (χ3v) is 3.11. The summed E-state index contributed by atoms with van der Waals surface area (Å²) in [5.41, 5.74) is 9.66. The zero-order valence-corrected chi connectivity index (χ0v) is 12.6. The Morgan fingerprint density at radius 2 is 1.86 bits per heavy atom. The Bertz CT molecular complexity index is 544. The normalized spacial score (nSPS) is 10.4. The van der Waals surface area contributed by atoms with E-state index in [0.29, 0.717) is 13.2 Å². The Labute approximate surface area is 126 Å². The highest BCUT2D eigenvalue weighted by Gasteiger charge is 2.04. The van der Waals surface area contributed by atoms with Crippen LogP contribution in [0.1, 0.15) is 18.1 Å². The SMILES string of the molecule is CCOCc1cc(CNNc2ccccc2)ccc1OC. The maximum absolute atomic E-state index is 5.47. The van der Waals surface area contributed by atoms with Crippen molar-refractivity contribution in [3.63, 3.8) is 0 Å². The van der Waals surface area contributed by atoms with Crippen molar-refractivity contribution in [3.05, 3.63) is 59.7 Å². The highest BCUT2D eigenvalue weighted by molar-refractivity contribution is 5.41. The molecular formula is C17H22N2O2. The number of nitrogens with one attached hydrogen (secondary N) is 2. The maximum Gasteiger partial charge on any atom is 0.124 e. The number of para-hydroxylation sites is 1. The van der Waals surface area contributed by atoms with E-state index in [1.165, 1.54) is 5.56 Å². The average Bonchev–Trinajstić information content (AvgIpc) is 2.54. The number of hydrogen-bond donors (Lipinski definition) is 2. The Balaban J connectivity index is 1.93. The molecule has 0 fully saturated rings. The predicted molar refractivity (Wildman–Crippen MR) is 85.2 cm³/mol. The van der Waals surface area contributed by atoms with Crippen molar-refractivity contribution >= 4 is 5.69 Å². The summed E-state index contributed by atoms with van der Waals surface area (Å²) in [5, 5.41) is 0. The zero-order chi connectivity index (χ0) is 14.9. The highest BCUT2D eigenvalue weighted by atomic mass is 16.5. The largest absolute Gasteiger partial charge is 0.496 e. The minimum absolute atomic E-state index is 0.569. The van der Waals surface area contributed by atoms with Crippen molar-refractivity contribution in [1.29, 1.82) is 0 Å². The quantitative estimate of drug-likeness (QED) is 0.730.